The lowest BCUT2D eigenvalue weighted by Crippen LogP contribution is -2.51. The molecule has 1 fully saturated rings. The number of para-hydroxylation sites is 1. The minimum absolute atomic E-state index is 0.0233. The van der Waals surface area contributed by atoms with Crippen molar-refractivity contribution in [1.29, 1.82) is 0 Å². The van der Waals surface area contributed by atoms with E-state index in [9.17, 15) is 4.79 Å². The van der Waals surface area contributed by atoms with E-state index in [0.717, 1.165) is 43.2 Å². The topological polar surface area (TPSA) is 66.0 Å². The van der Waals surface area contributed by atoms with Crippen LogP contribution in [-0.2, 0) is 4.79 Å². The normalized spacial score (nSPS) is 17.0. The van der Waals surface area contributed by atoms with Crippen molar-refractivity contribution in [2.75, 3.05) is 26.7 Å². The number of amides is 1. The van der Waals surface area contributed by atoms with E-state index in [0.29, 0.717) is 12.6 Å². The van der Waals surface area contributed by atoms with E-state index in [-0.39, 0.29) is 17.9 Å². The highest BCUT2D eigenvalue weighted by molar-refractivity contribution is 5.80. The van der Waals surface area contributed by atoms with Gasteiger partial charge in [-0.1, -0.05) is 32.0 Å². The van der Waals surface area contributed by atoms with Gasteiger partial charge in [0.1, 0.15) is 11.9 Å². The van der Waals surface area contributed by atoms with Crippen molar-refractivity contribution in [3.05, 3.63) is 29.8 Å². The van der Waals surface area contributed by atoms with Crippen LogP contribution in [0.1, 0.15) is 39.2 Å². The number of rotatable bonds is 6. The Kier molecular flexibility index (Phi) is 7.95. The third kappa shape index (κ3) is 6.45. The summed E-state index contributed by atoms with van der Waals surface area (Å²) in [6.45, 7) is 10.3. The number of likely N-dealkylation sites (tertiary alicyclic amines) is 1. The monoisotopic (exact) mass is 374 g/mol. The molecule has 2 rings (SSSR count). The van der Waals surface area contributed by atoms with Crippen LogP contribution in [0.25, 0.3) is 0 Å². The zero-order valence-electron chi connectivity index (χ0n) is 17.3. The number of nitrogens with zero attached hydrogens (tertiary/aromatic N) is 2. The predicted molar refractivity (Wildman–Crippen MR) is 110 cm³/mol. The Balaban J connectivity index is 1.75. The molecule has 2 N–H and O–H groups in total. The first kappa shape index (κ1) is 21.1. The smallest absolute Gasteiger partial charge is 0.225 e. The standard InChI is InChI=1S/C21H34N4O2/c1-15(2)20(26)25-12-10-18(11-13-25)24-21(22-5)23-14-17(4)27-19-9-7-6-8-16(19)3/h6-9,15,17-18H,10-14H2,1-5H3,(H2,22,23,24). The van der Waals surface area contributed by atoms with Gasteiger partial charge >= 0.3 is 0 Å². The number of carbonyl (C=O) groups excluding carboxylic acids is 1. The van der Waals surface area contributed by atoms with E-state index >= 15 is 0 Å². The maximum Gasteiger partial charge on any atom is 0.225 e. The molecule has 0 saturated carbocycles. The molecule has 0 bridgehead atoms. The number of aliphatic imine (C=N–C) groups is 1. The third-order valence-electron chi connectivity index (χ3n) is 4.84. The van der Waals surface area contributed by atoms with Crippen molar-refractivity contribution in [2.24, 2.45) is 10.9 Å². The first-order valence-electron chi connectivity index (χ1n) is 9.89. The van der Waals surface area contributed by atoms with Crippen molar-refractivity contribution in [3.63, 3.8) is 0 Å². The van der Waals surface area contributed by atoms with Crippen LogP contribution in [0.3, 0.4) is 0 Å². The largest absolute Gasteiger partial charge is 0.489 e. The zero-order valence-corrected chi connectivity index (χ0v) is 17.3. The molecule has 1 aromatic rings. The summed E-state index contributed by atoms with van der Waals surface area (Å²) in [6.07, 6.45) is 1.90. The Labute approximate surface area is 163 Å². The Morgan fingerprint density at radius 1 is 1.26 bits per heavy atom. The van der Waals surface area contributed by atoms with E-state index in [4.69, 9.17) is 4.74 Å². The lowest BCUT2D eigenvalue weighted by molar-refractivity contribution is -0.135. The molecule has 6 nitrogen and oxygen atoms in total. The molecule has 150 valence electrons. The molecule has 27 heavy (non-hydrogen) atoms. The van der Waals surface area contributed by atoms with Crippen LogP contribution in [0.2, 0.25) is 0 Å². The predicted octanol–water partition coefficient (Wildman–Crippen LogP) is 2.57. The van der Waals surface area contributed by atoms with Crippen LogP contribution in [0, 0.1) is 12.8 Å². The second kappa shape index (κ2) is 10.2. The summed E-state index contributed by atoms with van der Waals surface area (Å²) in [7, 11) is 1.78. The second-order valence-corrected chi connectivity index (χ2v) is 7.55. The molecule has 6 heteroatoms. The molecule has 0 radical (unpaired) electrons. The van der Waals surface area contributed by atoms with Gasteiger partial charge in [-0.15, -0.1) is 0 Å². The Morgan fingerprint density at radius 2 is 1.93 bits per heavy atom. The summed E-state index contributed by atoms with van der Waals surface area (Å²) in [4.78, 5) is 18.4. The number of ether oxygens (including phenoxy) is 1. The third-order valence-corrected chi connectivity index (χ3v) is 4.84. The van der Waals surface area contributed by atoms with E-state index in [1.807, 2.05) is 56.9 Å². The first-order chi connectivity index (χ1) is 12.9. The summed E-state index contributed by atoms with van der Waals surface area (Å²) in [6, 6.07) is 8.37. The lowest BCUT2D eigenvalue weighted by Gasteiger charge is -2.34. The van der Waals surface area contributed by atoms with E-state index in [1.54, 1.807) is 7.05 Å². The molecule has 0 aromatic heterocycles. The Bertz CT molecular complexity index is 637. The van der Waals surface area contributed by atoms with Crippen LogP contribution >= 0.6 is 0 Å². The SMILES string of the molecule is CN=C(NCC(C)Oc1ccccc1C)NC1CCN(C(=O)C(C)C)CC1. The molecule has 1 amide bonds. The summed E-state index contributed by atoms with van der Waals surface area (Å²) in [5.74, 6) is 2.01. The number of piperidine rings is 1. The fourth-order valence-electron chi connectivity index (χ4n) is 3.18. The summed E-state index contributed by atoms with van der Waals surface area (Å²) in [5.41, 5.74) is 1.13. The van der Waals surface area contributed by atoms with Gasteiger partial charge in [0.25, 0.3) is 0 Å². The maximum atomic E-state index is 12.1. The molecule has 1 atom stereocenters. The van der Waals surface area contributed by atoms with Crippen LogP contribution < -0.4 is 15.4 Å². The fourth-order valence-corrected chi connectivity index (χ4v) is 3.18. The number of benzene rings is 1. The average Bonchev–Trinajstić information content (AvgIpc) is 2.66. The van der Waals surface area contributed by atoms with Crippen LogP contribution in [0.5, 0.6) is 5.75 Å². The van der Waals surface area contributed by atoms with E-state index in [1.165, 1.54) is 0 Å². The van der Waals surface area contributed by atoms with Crippen molar-refractivity contribution >= 4 is 11.9 Å². The molecular formula is C21H34N4O2. The van der Waals surface area contributed by atoms with Gasteiger partial charge in [0.05, 0.1) is 6.54 Å². The fraction of sp³-hybridized carbons (Fsp3) is 0.619. The number of guanidine groups is 1. The molecule has 0 spiro atoms. The van der Waals surface area contributed by atoms with Crippen molar-refractivity contribution < 1.29 is 9.53 Å². The molecule has 1 saturated heterocycles. The van der Waals surface area contributed by atoms with Crippen molar-refractivity contribution in [1.82, 2.24) is 15.5 Å². The molecule has 1 aromatic carbocycles. The van der Waals surface area contributed by atoms with Gasteiger partial charge in [0.2, 0.25) is 5.91 Å². The molecule has 1 aliphatic rings. The summed E-state index contributed by atoms with van der Waals surface area (Å²) in [5, 5.41) is 6.81. The highest BCUT2D eigenvalue weighted by Gasteiger charge is 2.24. The minimum Gasteiger partial charge on any atom is -0.489 e. The van der Waals surface area contributed by atoms with Crippen LogP contribution in [0.15, 0.2) is 29.3 Å². The van der Waals surface area contributed by atoms with Gasteiger partial charge in [-0.3, -0.25) is 9.79 Å². The second-order valence-electron chi connectivity index (χ2n) is 7.55. The molecule has 1 aliphatic heterocycles. The maximum absolute atomic E-state index is 12.1. The van der Waals surface area contributed by atoms with Gasteiger partial charge < -0.3 is 20.3 Å². The average molecular weight is 375 g/mol. The number of aryl methyl sites for hydroxylation is 1. The highest BCUT2D eigenvalue weighted by atomic mass is 16.5. The van der Waals surface area contributed by atoms with Crippen LogP contribution in [0.4, 0.5) is 0 Å². The number of hydrogen-bond donors (Lipinski definition) is 2. The van der Waals surface area contributed by atoms with E-state index < -0.39 is 0 Å². The van der Waals surface area contributed by atoms with E-state index in [2.05, 4.69) is 15.6 Å². The zero-order chi connectivity index (χ0) is 19.8. The lowest BCUT2D eigenvalue weighted by atomic mass is 10.0. The van der Waals surface area contributed by atoms with Gasteiger partial charge in [-0.05, 0) is 38.3 Å². The number of hydrogen-bond acceptors (Lipinski definition) is 3. The summed E-state index contributed by atoms with van der Waals surface area (Å²) < 4.78 is 6.00. The first-order valence-corrected chi connectivity index (χ1v) is 9.89. The Morgan fingerprint density at radius 3 is 2.52 bits per heavy atom. The van der Waals surface area contributed by atoms with Gasteiger partial charge in [-0.2, -0.15) is 0 Å². The van der Waals surface area contributed by atoms with Gasteiger partial charge in [0, 0.05) is 32.1 Å². The molecule has 0 aliphatic carbocycles. The van der Waals surface area contributed by atoms with Crippen molar-refractivity contribution in [3.8, 4) is 5.75 Å². The van der Waals surface area contributed by atoms with Gasteiger partial charge in [0.15, 0.2) is 5.96 Å². The Hall–Kier alpha value is -2.24. The highest BCUT2D eigenvalue weighted by Crippen LogP contribution is 2.17. The number of nitrogens with one attached hydrogen (secondary N) is 2. The minimum atomic E-state index is 0.0233. The molecule has 1 unspecified atom stereocenters. The molecular weight excluding hydrogens is 340 g/mol. The quantitative estimate of drug-likeness (QED) is 0.593. The van der Waals surface area contributed by atoms with Crippen LogP contribution in [-0.4, -0.2) is 55.6 Å². The molecule has 1 heterocycles. The number of carbonyl (C=O) groups is 1. The van der Waals surface area contributed by atoms with Crippen molar-refractivity contribution in [2.45, 2.75) is 52.7 Å². The summed E-state index contributed by atoms with van der Waals surface area (Å²) >= 11 is 0. The van der Waals surface area contributed by atoms with Gasteiger partial charge in [-0.25, -0.2) is 0 Å².